The average Bonchev–Trinajstić information content (AvgIpc) is 1.43. The van der Waals surface area contributed by atoms with Crippen molar-refractivity contribution in [3.8, 4) is 67.9 Å². The monoisotopic (exact) mass is 1850 g/mol. The number of ether oxygens (including phenoxy) is 7. The van der Waals surface area contributed by atoms with E-state index in [9.17, 15) is 102 Å². The minimum Gasteiger partial charge on any atom is -0.406 e. The summed E-state index contributed by atoms with van der Waals surface area (Å²) in [6.07, 6.45) is -29.0. The highest BCUT2D eigenvalue weighted by molar-refractivity contribution is 9.06. The molecule has 0 radical (unpaired) electrons. The summed E-state index contributed by atoms with van der Waals surface area (Å²) in [6.45, 7) is -1.55. The Morgan fingerprint density at radius 3 is 0.983 bits per heavy atom. The lowest BCUT2D eigenvalue weighted by molar-refractivity contribution is -0.275. The fourth-order valence-electron chi connectivity index (χ4n) is 13.3. The number of fused-ring (bicyclic) bond motifs is 3. The van der Waals surface area contributed by atoms with Crippen LogP contribution in [0, 0.1) is 0 Å². The molecule has 3 N–H and O–H groups in total. The molecule has 119 heavy (non-hydrogen) atoms. The molecule has 4 aliphatic rings. The molecule has 0 aliphatic carbocycles. The predicted molar refractivity (Wildman–Crippen MR) is 436 cm³/mol. The quantitative estimate of drug-likeness (QED) is 0.0360. The van der Waals surface area contributed by atoms with Crippen LogP contribution in [0.4, 0.5) is 109 Å². The molecular formula is C78H76F21N3O9P8. The van der Waals surface area contributed by atoms with Crippen molar-refractivity contribution in [1.29, 1.82) is 0 Å². The minimum absolute atomic E-state index is 0.0324. The van der Waals surface area contributed by atoms with E-state index in [-0.39, 0.29) is 75.9 Å². The van der Waals surface area contributed by atoms with Gasteiger partial charge >= 0.3 is 38.2 Å². The minimum atomic E-state index is -4.87. The Balaban J connectivity index is 0.000000189. The number of aliphatic hydroxyl groups excluding tert-OH is 2. The van der Waals surface area contributed by atoms with E-state index in [2.05, 4.69) is 83.1 Å². The van der Waals surface area contributed by atoms with E-state index in [0.717, 1.165) is 27.9 Å². The molecule has 0 bridgehead atoms. The van der Waals surface area contributed by atoms with Crippen LogP contribution in [-0.2, 0) is 24.0 Å². The second kappa shape index (κ2) is 42.4. The number of hydrogen-bond donors (Lipinski definition) is 3. The van der Waals surface area contributed by atoms with Crippen LogP contribution < -0.4 is 43.5 Å². The number of halogens is 21. The lowest BCUT2D eigenvalue weighted by atomic mass is 9.86. The molecule has 9 aromatic rings. The van der Waals surface area contributed by atoms with Crippen molar-refractivity contribution in [2.75, 3.05) is 54.8 Å². The van der Waals surface area contributed by atoms with Crippen LogP contribution in [0.3, 0.4) is 0 Å². The first-order valence-electron chi connectivity index (χ1n) is 35.5. The topological polar surface area (TPSA) is 127 Å². The molecule has 13 rings (SSSR count). The van der Waals surface area contributed by atoms with Crippen molar-refractivity contribution in [2.24, 2.45) is 0 Å². The van der Waals surface area contributed by atoms with Crippen molar-refractivity contribution in [1.82, 2.24) is 0 Å². The third kappa shape index (κ3) is 30.2. The van der Waals surface area contributed by atoms with Crippen LogP contribution >= 0.6 is 65.6 Å². The first-order chi connectivity index (χ1) is 55.9. The van der Waals surface area contributed by atoms with Gasteiger partial charge in [0.2, 0.25) is 0 Å². The van der Waals surface area contributed by atoms with E-state index in [0.29, 0.717) is 101 Å². The fraction of sp³-hybridized carbons (Fsp3) is 0.308. The van der Waals surface area contributed by atoms with Crippen LogP contribution in [0.1, 0.15) is 70.8 Å². The average molecular weight is 1850 g/mol. The maximum Gasteiger partial charge on any atom is 0.573 e. The molecule has 0 spiro atoms. The number of epoxide rings is 1. The summed E-state index contributed by atoms with van der Waals surface area (Å²) < 4.78 is 294. The van der Waals surface area contributed by atoms with E-state index < -0.39 is 87.3 Å². The molecule has 41 heteroatoms. The van der Waals surface area contributed by atoms with E-state index in [4.69, 9.17) is 0 Å². The van der Waals surface area contributed by atoms with Gasteiger partial charge in [-0.05, 0) is 217 Å². The number of nitrogens with one attached hydrogen (secondary N) is 1. The van der Waals surface area contributed by atoms with Crippen molar-refractivity contribution in [3.63, 3.8) is 0 Å². The van der Waals surface area contributed by atoms with Gasteiger partial charge in [0, 0.05) is 30.2 Å². The highest BCUT2D eigenvalue weighted by Crippen LogP contribution is 3.00. The summed E-state index contributed by atoms with van der Waals surface area (Å²) in [5, 5.41) is 23.6. The van der Waals surface area contributed by atoms with Crippen molar-refractivity contribution in [2.45, 2.75) is 113 Å². The third-order valence-corrected chi connectivity index (χ3v) is 55.9. The molecule has 12 nitrogen and oxygen atoms in total. The first-order valence-corrected chi connectivity index (χ1v) is 49.1. The van der Waals surface area contributed by atoms with Gasteiger partial charge in [-0.1, -0.05) is 109 Å². The van der Waals surface area contributed by atoms with Crippen molar-refractivity contribution >= 4 is 82.7 Å². The van der Waals surface area contributed by atoms with Crippen LogP contribution in [0.25, 0.3) is 33.4 Å². The highest BCUT2D eigenvalue weighted by Gasteiger charge is 2.39. The van der Waals surface area contributed by atoms with Gasteiger partial charge in [-0.15, -0.1) is 124 Å². The molecule has 0 aromatic heterocycles. The predicted octanol–water partition coefficient (Wildman–Crippen LogP) is 25.8. The van der Waals surface area contributed by atoms with Gasteiger partial charge < -0.3 is 58.5 Å². The fourth-order valence-corrected chi connectivity index (χ4v) is 42.2. The number of nitrogens with zero attached hydrogens (tertiary/aromatic N) is 2. The summed E-state index contributed by atoms with van der Waals surface area (Å²) in [4.78, 5) is 3.41. The second-order valence-electron chi connectivity index (χ2n) is 26.5. The summed E-state index contributed by atoms with van der Waals surface area (Å²) in [7, 11) is 14.4. The first kappa shape index (κ1) is 95.9. The van der Waals surface area contributed by atoms with Gasteiger partial charge in [-0.2, -0.15) is 0 Å². The number of β-amino-alcohol motifs (C(OH)–C–C–N with tert-alkyl or cyclic N) is 2. The van der Waals surface area contributed by atoms with Crippen LogP contribution in [0.5, 0.6) is 34.5 Å². The Kier molecular flexibility index (Phi) is 34.2. The standard InChI is InChI=1S/2C26H22F7NO3.C23H17F6NO2.C3H5FO.H10P8/c2*27-14-18(35)15-34-23(17-5-2-7-20(13-17)37-26(31,32)33)11-10-22-21(8-3-9-24(22)34)16-4-1-6-19(12-16)36-25(28,29)30;24-22(25,26)31-16-6-1-4-14(12-16)18-8-3-9-21-19(18)10-11-20(30-21)15-5-2-7-17(13-15)32-23(27,28)29;4-1-3-2-5-3;1-6(2)8(5)7(3)4/h2*1-9,12-13,18,23,35H,10-11,14-15H2;1-9,12-13,20,30H,10-11H2;3H,1-2H2;1-5H2. The van der Waals surface area contributed by atoms with Crippen molar-refractivity contribution < 1.29 is 136 Å². The SMILES string of the molecule is FC(F)(F)Oc1cccc(-c2cccc3c2CCC(c2cccc(OC(F)(F)F)c2)N3)c1.FCC1CO1.OC(CF)CN1c2cccc(-c3cccc(OC(F)(F)F)c3)c2CCC1c1cccc(OC(F)(F)F)c1.OC(CF)CN1c2cccc(-c3cccc(OC(F)(F)F)c3)c2CCC1c1cccc(OC(F)(F)F)c1.PP(P)P(P)P(P)P. The van der Waals surface area contributed by atoms with Crippen LogP contribution in [0.2, 0.25) is 0 Å². The number of alkyl halides is 21. The summed E-state index contributed by atoms with van der Waals surface area (Å²) >= 11 is 0. The van der Waals surface area contributed by atoms with E-state index >= 15 is 0 Å². The maximum atomic E-state index is 13.3. The second-order valence-corrected chi connectivity index (χ2v) is 54.6. The maximum absolute atomic E-state index is 13.3. The largest absolute Gasteiger partial charge is 0.573 e. The molecular weight excluding hydrogens is 1770 g/mol. The van der Waals surface area contributed by atoms with Crippen LogP contribution in [-0.4, -0.2) is 106 Å². The Morgan fingerprint density at radius 1 is 0.387 bits per heavy atom. The molecule has 1 fully saturated rings. The van der Waals surface area contributed by atoms with E-state index in [1.54, 1.807) is 88.7 Å². The van der Waals surface area contributed by atoms with E-state index in [1.165, 1.54) is 109 Å². The number of aliphatic hydroxyl groups is 2. The summed E-state index contributed by atoms with van der Waals surface area (Å²) in [5.41, 5.74) is 9.45. The number of benzene rings is 9. The zero-order valence-corrected chi connectivity index (χ0v) is 70.3. The molecule has 1 saturated heterocycles. The molecule has 4 heterocycles. The molecule has 0 saturated carbocycles. The van der Waals surface area contributed by atoms with Gasteiger partial charge in [0.05, 0.1) is 36.9 Å². The van der Waals surface area contributed by atoms with Gasteiger partial charge in [-0.3, -0.25) is 0 Å². The van der Waals surface area contributed by atoms with Crippen molar-refractivity contribution in [3.05, 3.63) is 234 Å². The Morgan fingerprint density at radius 2 is 0.681 bits per heavy atom. The normalized spacial score (nSPS) is 17.0. The highest BCUT2D eigenvalue weighted by atomic mass is 33.1. The summed E-state index contributed by atoms with van der Waals surface area (Å²) in [6, 6.07) is 47.8. The molecule has 644 valence electrons. The van der Waals surface area contributed by atoms with Gasteiger partial charge in [0.1, 0.15) is 60.6 Å². The Hall–Kier alpha value is -6.97. The number of rotatable bonds is 21. The zero-order chi connectivity index (χ0) is 87.0. The lowest BCUT2D eigenvalue weighted by Crippen LogP contribution is -2.39. The lowest BCUT2D eigenvalue weighted by Gasteiger charge is -2.41. The van der Waals surface area contributed by atoms with Gasteiger partial charge in [0.15, 0.2) is 0 Å². The number of anilines is 3. The smallest absolute Gasteiger partial charge is 0.406 e. The molecule has 9 aromatic carbocycles. The third-order valence-electron chi connectivity index (χ3n) is 18.0. The Labute approximate surface area is 684 Å². The van der Waals surface area contributed by atoms with Crippen LogP contribution in [0.15, 0.2) is 200 Å². The molecule has 11 atom stereocenters. The summed E-state index contributed by atoms with van der Waals surface area (Å²) in [5.74, 6) is -2.19. The molecule has 0 amide bonds. The molecule has 4 aliphatic heterocycles. The van der Waals surface area contributed by atoms with E-state index in [1.807, 2.05) is 12.1 Å². The zero-order valence-electron chi connectivity index (χ0n) is 61.8. The Bertz CT molecular complexity index is 4580. The molecule has 11 unspecified atom stereocenters. The number of hydrogen-bond acceptors (Lipinski definition) is 12. The van der Waals surface area contributed by atoms with Gasteiger partial charge in [-0.25, -0.2) is 13.2 Å². The van der Waals surface area contributed by atoms with Gasteiger partial charge in [0.25, 0.3) is 0 Å².